The van der Waals surface area contributed by atoms with Gasteiger partial charge in [0.05, 0.1) is 10.5 Å². The van der Waals surface area contributed by atoms with Crippen molar-refractivity contribution in [2.45, 2.75) is 71.1 Å². The zero-order chi connectivity index (χ0) is 17.9. The molecule has 0 spiro atoms. The minimum atomic E-state index is -4.52. The molecule has 0 bridgehead atoms. The molecule has 2 atom stereocenters. The fourth-order valence-corrected chi connectivity index (χ4v) is 3.14. The first-order chi connectivity index (χ1) is 9.63. The number of hydrogen-bond donors (Lipinski definition) is 1. The molecule has 0 heterocycles. The van der Waals surface area contributed by atoms with Gasteiger partial charge in [0.15, 0.2) is 14.4 Å². The summed E-state index contributed by atoms with van der Waals surface area (Å²) in [5, 5.41) is 2.14. The minimum Gasteiger partial charge on any atom is -0.404 e. The third-order valence-corrected chi connectivity index (χ3v) is 9.19. The third-order valence-electron chi connectivity index (χ3n) is 4.04. The van der Waals surface area contributed by atoms with Crippen LogP contribution in [-0.4, -0.2) is 37.0 Å². The Hall–Kier alpha value is 0.167. The van der Waals surface area contributed by atoms with Gasteiger partial charge in [0, 0.05) is 0 Å². The Kier molecular flexibility index (Phi) is 7.89. The van der Waals surface area contributed by atoms with Gasteiger partial charge < -0.3 is 9.74 Å². The van der Waals surface area contributed by atoms with E-state index >= 15 is 0 Å². The predicted octanol–water partition coefficient (Wildman–Crippen LogP) is 4.51. The Morgan fingerprint density at radius 2 is 1.68 bits per heavy atom. The lowest BCUT2D eigenvalue weighted by atomic mass is 9.98. The largest absolute Gasteiger partial charge is 0.415 e. The fourth-order valence-electron chi connectivity index (χ4n) is 1.65. The second kappa shape index (κ2) is 7.83. The summed E-state index contributed by atoms with van der Waals surface area (Å²) in [6.45, 7) is 12.5. The Labute approximate surface area is 146 Å². The average molecular weight is 453 g/mol. The number of nitrogens with one attached hydrogen (secondary N) is 1. The van der Waals surface area contributed by atoms with Crippen LogP contribution in [0, 0.1) is 5.92 Å². The highest BCUT2D eigenvalue weighted by Gasteiger charge is 2.52. The van der Waals surface area contributed by atoms with Gasteiger partial charge in [-0.1, -0.05) is 57.2 Å². The van der Waals surface area contributed by atoms with E-state index in [2.05, 4.69) is 5.32 Å². The first-order valence-corrected chi connectivity index (χ1v) is 11.7. The van der Waals surface area contributed by atoms with Crippen LogP contribution in [0.2, 0.25) is 18.1 Å². The van der Waals surface area contributed by atoms with Gasteiger partial charge in [0.2, 0.25) is 5.91 Å². The molecule has 0 aliphatic heterocycles. The Morgan fingerprint density at radius 1 is 1.23 bits per heavy atom. The topological polar surface area (TPSA) is 38.3 Å². The predicted molar refractivity (Wildman–Crippen MR) is 93.8 cm³/mol. The van der Waals surface area contributed by atoms with E-state index in [1.165, 1.54) is 0 Å². The quantitative estimate of drug-likeness (QED) is 0.365. The van der Waals surface area contributed by atoms with Gasteiger partial charge >= 0.3 is 6.18 Å². The second-order valence-corrected chi connectivity index (χ2v) is 12.8. The first kappa shape index (κ1) is 22.2. The van der Waals surface area contributed by atoms with E-state index < -0.39 is 32.5 Å². The molecule has 2 unspecified atom stereocenters. The normalized spacial score (nSPS) is 16.5. The molecule has 1 amide bonds. The summed E-state index contributed by atoms with van der Waals surface area (Å²) in [6, 6.07) is -1.09. The van der Waals surface area contributed by atoms with Crippen molar-refractivity contribution in [3.8, 4) is 0 Å². The Balaban J connectivity index is 5.56. The molecule has 3 nitrogen and oxygen atoms in total. The number of rotatable bonds is 6. The number of alkyl halides is 4. The van der Waals surface area contributed by atoms with Gasteiger partial charge in [0.25, 0.3) is 0 Å². The molecule has 22 heavy (non-hydrogen) atoms. The molecule has 0 aromatic carbocycles. The summed E-state index contributed by atoms with van der Waals surface area (Å²) < 4.78 is 46.4. The monoisotopic (exact) mass is 453 g/mol. The molecular weight excluding hydrogens is 426 g/mol. The smallest absolute Gasteiger partial charge is 0.404 e. The van der Waals surface area contributed by atoms with Crippen LogP contribution in [0.15, 0.2) is 0 Å². The number of hydrogen-bond acceptors (Lipinski definition) is 2. The van der Waals surface area contributed by atoms with Gasteiger partial charge in [0.1, 0.15) is 0 Å². The summed E-state index contributed by atoms with van der Waals surface area (Å²) in [5.41, 5.74) is 0. The maximum absolute atomic E-state index is 13.5. The lowest BCUT2D eigenvalue weighted by molar-refractivity contribution is -0.210. The van der Waals surface area contributed by atoms with Gasteiger partial charge in [-0.2, -0.15) is 13.2 Å². The molecule has 0 aromatic rings. The van der Waals surface area contributed by atoms with E-state index in [9.17, 15) is 18.0 Å². The van der Waals surface area contributed by atoms with Crippen molar-refractivity contribution in [1.29, 1.82) is 0 Å². The molecule has 0 rings (SSSR count). The van der Waals surface area contributed by atoms with Crippen molar-refractivity contribution in [3.05, 3.63) is 0 Å². The van der Waals surface area contributed by atoms with Gasteiger partial charge in [-0.25, -0.2) is 0 Å². The highest BCUT2D eigenvalue weighted by Crippen LogP contribution is 2.40. The molecule has 0 radical (unpaired) electrons. The standard InChI is InChI=1S/C14H27F3INO2Si/c1-9(2)11(19-10(20)8-18)12(14(15,16)17)21-22(6,7)13(3,4)5/h9,11-12H,8H2,1-7H3,(H,19,20). The molecule has 0 saturated carbocycles. The van der Waals surface area contributed by atoms with Gasteiger partial charge in [-0.3, -0.25) is 4.79 Å². The molecule has 0 fully saturated rings. The third kappa shape index (κ3) is 6.35. The van der Waals surface area contributed by atoms with Crippen molar-refractivity contribution in [3.63, 3.8) is 0 Å². The summed E-state index contributed by atoms with van der Waals surface area (Å²) in [7, 11) is -2.62. The molecule has 0 saturated heterocycles. The van der Waals surface area contributed by atoms with Crippen LogP contribution in [0.1, 0.15) is 34.6 Å². The van der Waals surface area contributed by atoms with Crippen LogP contribution in [0.4, 0.5) is 13.2 Å². The van der Waals surface area contributed by atoms with E-state index in [1.807, 2.05) is 43.4 Å². The molecule has 1 N–H and O–H groups in total. The van der Waals surface area contributed by atoms with E-state index in [1.54, 1.807) is 26.9 Å². The molecule has 0 aliphatic rings. The van der Waals surface area contributed by atoms with Crippen molar-refractivity contribution in [2.24, 2.45) is 5.92 Å². The van der Waals surface area contributed by atoms with Crippen LogP contribution in [0.5, 0.6) is 0 Å². The first-order valence-electron chi connectivity index (χ1n) is 7.23. The molecule has 0 aliphatic carbocycles. The van der Waals surface area contributed by atoms with Crippen LogP contribution in [-0.2, 0) is 9.22 Å². The maximum atomic E-state index is 13.5. The van der Waals surface area contributed by atoms with Crippen LogP contribution in [0.25, 0.3) is 0 Å². The number of carbonyl (C=O) groups is 1. The lowest BCUT2D eigenvalue weighted by Crippen LogP contribution is -2.59. The van der Waals surface area contributed by atoms with E-state index in [4.69, 9.17) is 4.43 Å². The Bertz CT molecular complexity index is 381. The summed E-state index contributed by atoms with van der Waals surface area (Å²) in [4.78, 5) is 11.6. The zero-order valence-electron chi connectivity index (χ0n) is 14.3. The highest BCUT2D eigenvalue weighted by atomic mass is 127. The van der Waals surface area contributed by atoms with E-state index in [0.717, 1.165) is 0 Å². The summed E-state index contributed by atoms with van der Waals surface area (Å²) >= 11 is 1.83. The highest BCUT2D eigenvalue weighted by molar-refractivity contribution is 14.1. The van der Waals surface area contributed by atoms with Crippen LogP contribution in [0.3, 0.4) is 0 Å². The lowest BCUT2D eigenvalue weighted by Gasteiger charge is -2.42. The van der Waals surface area contributed by atoms with Crippen molar-refractivity contribution < 1.29 is 22.4 Å². The summed E-state index contributed by atoms with van der Waals surface area (Å²) in [6.07, 6.45) is -6.51. The van der Waals surface area contributed by atoms with Crippen molar-refractivity contribution in [1.82, 2.24) is 5.32 Å². The molecule has 132 valence electrons. The van der Waals surface area contributed by atoms with Crippen LogP contribution < -0.4 is 5.32 Å². The minimum absolute atomic E-state index is 0.117. The zero-order valence-corrected chi connectivity index (χ0v) is 17.4. The van der Waals surface area contributed by atoms with Gasteiger partial charge in [-0.15, -0.1) is 0 Å². The van der Waals surface area contributed by atoms with E-state index in [0.29, 0.717) is 0 Å². The maximum Gasteiger partial charge on any atom is 0.415 e. The number of halogens is 4. The van der Waals surface area contributed by atoms with Crippen molar-refractivity contribution >= 4 is 36.8 Å². The van der Waals surface area contributed by atoms with Crippen molar-refractivity contribution in [2.75, 3.05) is 4.43 Å². The summed E-state index contributed by atoms with van der Waals surface area (Å²) in [5.74, 6) is -0.796. The Morgan fingerprint density at radius 3 is 1.95 bits per heavy atom. The van der Waals surface area contributed by atoms with E-state index in [-0.39, 0.29) is 15.4 Å². The molecule has 8 heteroatoms. The number of carbonyl (C=O) groups excluding carboxylic acids is 1. The average Bonchev–Trinajstić information content (AvgIpc) is 2.30. The SMILES string of the molecule is CC(C)C(NC(=O)CI)C(O[Si](C)(C)C(C)(C)C)C(F)(F)F. The molecular formula is C14H27F3INO2Si. The van der Waals surface area contributed by atoms with Crippen LogP contribution >= 0.6 is 22.6 Å². The van der Waals surface area contributed by atoms with Gasteiger partial charge in [-0.05, 0) is 24.1 Å². The second-order valence-electron chi connectivity index (χ2n) is 7.31. The fraction of sp³-hybridized carbons (Fsp3) is 0.929. The number of amides is 1. The molecule has 0 aromatic heterocycles.